The minimum atomic E-state index is -0.0209. The molecule has 1 saturated heterocycles. The molecule has 2 unspecified atom stereocenters. The Morgan fingerprint density at radius 3 is 3.05 bits per heavy atom. The minimum absolute atomic E-state index is 0.0209. The van der Waals surface area contributed by atoms with E-state index < -0.39 is 0 Å². The highest BCUT2D eigenvalue weighted by atomic mass is 16.5. The summed E-state index contributed by atoms with van der Waals surface area (Å²) in [5.74, 6) is 0.349. The summed E-state index contributed by atoms with van der Waals surface area (Å²) in [6.07, 6.45) is 1.81. The van der Waals surface area contributed by atoms with Crippen molar-refractivity contribution in [1.29, 1.82) is 0 Å². The molecule has 1 aromatic carbocycles. The molecule has 2 aliphatic rings. The number of rotatable bonds is 3. The molecule has 3 N–H and O–H groups in total. The number of hydrogen-bond donors (Lipinski definition) is 2. The zero-order valence-electron chi connectivity index (χ0n) is 11.5. The molecule has 5 nitrogen and oxygen atoms in total. The van der Waals surface area contributed by atoms with Gasteiger partial charge >= 0.3 is 6.03 Å². The van der Waals surface area contributed by atoms with E-state index in [9.17, 15) is 4.79 Å². The van der Waals surface area contributed by atoms with Gasteiger partial charge in [0.2, 0.25) is 0 Å². The summed E-state index contributed by atoms with van der Waals surface area (Å²) in [5.41, 5.74) is 7.93. The van der Waals surface area contributed by atoms with Crippen molar-refractivity contribution in [3.8, 4) is 0 Å². The molecule has 1 aromatic rings. The maximum absolute atomic E-state index is 12.4. The Kier molecular flexibility index (Phi) is 3.89. The number of amides is 2. The van der Waals surface area contributed by atoms with Crippen molar-refractivity contribution in [3.05, 3.63) is 29.8 Å². The molecular formula is C15H21N3O2. The van der Waals surface area contributed by atoms with Crippen LogP contribution in [0.3, 0.4) is 0 Å². The van der Waals surface area contributed by atoms with Gasteiger partial charge in [-0.15, -0.1) is 0 Å². The predicted molar refractivity (Wildman–Crippen MR) is 78.0 cm³/mol. The molecule has 108 valence electrons. The van der Waals surface area contributed by atoms with Gasteiger partial charge in [-0.1, -0.05) is 18.2 Å². The van der Waals surface area contributed by atoms with Gasteiger partial charge in [-0.05, 0) is 31.0 Å². The van der Waals surface area contributed by atoms with E-state index in [0.717, 1.165) is 31.7 Å². The van der Waals surface area contributed by atoms with Gasteiger partial charge in [0, 0.05) is 24.8 Å². The van der Waals surface area contributed by atoms with E-state index in [4.69, 9.17) is 10.5 Å². The van der Waals surface area contributed by atoms with E-state index >= 15 is 0 Å². The summed E-state index contributed by atoms with van der Waals surface area (Å²) in [6.45, 7) is 2.71. The molecule has 0 radical (unpaired) electrons. The number of hydrogen-bond acceptors (Lipinski definition) is 3. The Morgan fingerprint density at radius 2 is 2.30 bits per heavy atom. The average molecular weight is 275 g/mol. The van der Waals surface area contributed by atoms with Crippen LogP contribution >= 0.6 is 0 Å². The number of nitrogens with two attached hydrogens (primary N) is 1. The number of carbonyl (C=O) groups excluding carboxylic acids is 1. The van der Waals surface area contributed by atoms with Crippen molar-refractivity contribution in [1.82, 2.24) is 5.32 Å². The zero-order chi connectivity index (χ0) is 13.9. The molecule has 1 fully saturated rings. The molecule has 2 heterocycles. The van der Waals surface area contributed by atoms with Gasteiger partial charge in [-0.2, -0.15) is 0 Å². The summed E-state index contributed by atoms with van der Waals surface area (Å²) in [5, 5.41) is 3.06. The number of para-hydroxylation sites is 1. The Balaban J connectivity index is 1.75. The number of nitrogens with one attached hydrogen (secondary N) is 1. The summed E-state index contributed by atoms with van der Waals surface area (Å²) < 4.78 is 5.30. The van der Waals surface area contributed by atoms with Crippen molar-refractivity contribution in [2.24, 2.45) is 5.73 Å². The van der Waals surface area contributed by atoms with Gasteiger partial charge in [0.1, 0.15) is 0 Å². The summed E-state index contributed by atoms with van der Waals surface area (Å²) in [4.78, 5) is 14.3. The van der Waals surface area contributed by atoms with Crippen molar-refractivity contribution in [2.45, 2.75) is 24.8 Å². The van der Waals surface area contributed by atoms with E-state index in [2.05, 4.69) is 11.4 Å². The largest absolute Gasteiger partial charge is 0.379 e. The fraction of sp³-hybridized carbons (Fsp3) is 0.533. The van der Waals surface area contributed by atoms with Gasteiger partial charge in [0.25, 0.3) is 0 Å². The molecule has 0 aromatic heterocycles. The van der Waals surface area contributed by atoms with E-state index in [1.807, 2.05) is 23.1 Å². The standard InChI is InChI=1S/C15H21N3O2/c16-7-5-11-9-18(14-4-2-1-3-13(11)14)15(19)17-12-6-8-20-10-12/h1-4,11-12H,5-10,16H2,(H,17,19). The van der Waals surface area contributed by atoms with E-state index in [0.29, 0.717) is 19.1 Å². The van der Waals surface area contributed by atoms with E-state index in [1.165, 1.54) is 5.56 Å². The molecule has 3 rings (SSSR count). The molecule has 20 heavy (non-hydrogen) atoms. The lowest BCUT2D eigenvalue weighted by atomic mass is 9.98. The third kappa shape index (κ3) is 2.51. The average Bonchev–Trinajstić information content (AvgIpc) is 3.08. The van der Waals surface area contributed by atoms with E-state index in [-0.39, 0.29) is 12.1 Å². The van der Waals surface area contributed by atoms with Gasteiger partial charge in [-0.3, -0.25) is 4.90 Å². The molecular weight excluding hydrogens is 254 g/mol. The van der Waals surface area contributed by atoms with Crippen LogP contribution in [0.5, 0.6) is 0 Å². The molecule has 0 aliphatic carbocycles. The zero-order valence-corrected chi connectivity index (χ0v) is 11.5. The van der Waals surface area contributed by atoms with Crippen LogP contribution in [0, 0.1) is 0 Å². The third-order valence-electron chi connectivity index (χ3n) is 4.09. The smallest absolute Gasteiger partial charge is 0.322 e. The molecule has 0 bridgehead atoms. The van der Waals surface area contributed by atoms with Crippen LogP contribution in [0.1, 0.15) is 24.3 Å². The van der Waals surface area contributed by atoms with Crippen molar-refractivity contribution in [3.63, 3.8) is 0 Å². The number of fused-ring (bicyclic) bond motifs is 1. The SMILES string of the molecule is NCCC1CN(C(=O)NC2CCOC2)c2ccccc21. The Hall–Kier alpha value is -1.59. The first-order chi connectivity index (χ1) is 9.79. The number of nitrogens with zero attached hydrogens (tertiary/aromatic N) is 1. The summed E-state index contributed by atoms with van der Waals surface area (Å²) in [7, 11) is 0. The lowest BCUT2D eigenvalue weighted by molar-refractivity contribution is 0.189. The van der Waals surface area contributed by atoms with Gasteiger partial charge in [0.15, 0.2) is 0 Å². The topological polar surface area (TPSA) is 67.6 Å². The molecule has 2 aliphatic heterocycles. The normalized spacial score (nSPS) is 24.8. The maximum Gasteiger partial charge on any atom is 0.322 e. The Morgan fingerprint density at radius 1 is 1.45 bits per heavy atom. The van der Waals surface area contributed by atoms with Crippen molar-refractivity contribution >= 4 is 11.7 Å². The van der Waals surface area contributed by atoms with Crippen LogP contribution in [-0.2, 0) is 4.74 Å². The van der Waals surface area contributed by atoms with Crippen molar-refractivity contribution in [2.75, 3.05) is 31.2 Å². The first kappa shape index (κ1) is 13.4. The second-order valence-corrected chi connectivity index (χ2v) is 5.45. The highest BCUT2D eigenvalue weighted by Crippen LogP contribution is 2.37. The number of benzene rings is 1. The van der Waals surface area contributed by atoms with Gasteiger partial charge in [-0.25, -0.2) is 4.79 Å². The highest BCUT2D eigenvalue weighted by Gasteiger charge is 2.32. The number of urea groups is 1. The monoisotopic (exact) mass is 275 g/mol. The second-order valence-electron chi connectivity index (χ2n) is 5.45. The molecule has 5 heteroatoms. The van der Waals surface area contributed by atoms with Gasteiger partial charge in [0.05, 0.1) is 12.6 Å². The van der Waals surface area contributed by atoms with Gasteiger partial charge < -0.3 is 15.8 Å². The molecule has 2 atom stereocenters. The number of carbonyl (C=O) groups is 1. The highest BCUT2D eigenvalue weighted by molar-refractivity contribution is 5.94. The van der Waals surface area contributed by atoms with Crippen LogP contribution in [-0.4, -0.2) is 38.4 Å². The number of ether oxygens (including phenoxy) is 1. The van der Waals surface area contributed by atoms with E-state index in [1.54, 1.807) is 0 Å². The lowest BCUT2D eigenvalue weighted by Gasteiger charge is -2.21. The Labute approximate surface area is 119 Å². The Bertz CT molecular complexity index is 486. The molecule has 0 spiro atoms. The second kappa shape index (κ2) is 5.81. The first-order valence-corrected chi connectivity index (χ1v) is 7.24. The number of anilines is 1. The molecule has 0 saturated carbocycles. The van der Waals surface area contributed by atoms with Crippen LogP contribution in [0.15, 0.2) is 24.3 Å². The van der Waals surface area contributed by atoms with Crippen LogP contribution in [0.4, 0.5) is 10.5 Å². The third-order valence-corrected chi connectivity index (χ3v) is 4.09. The van der Waals surface area contributed by atoms with Crippen molar-refractivity contribution < 1.29 is 9.53 Å². The predicted octanol–water partition coefficient (Wildman–Crippen LogP) is 1.44. The summed E-state index contributed by atoms with van der Waals surface area (Å²) in [6, 6.07) is 8.23. The molecule has 2 amide bonds. The van der Waals surface area contributed by atoms with Crippen LogP contribution in [0.25, 0.3) is 0 Å². The quantitative estimate of drug-likeness (QED) is 0.877. The van der Waals surface area contributed by atoms with Crippen LogP contribution < -0.4 is 16.0 Å². The maximum atomic E-state index is 12.4. The fourth-order valence-corrected chi connectivity index (χ4v) is 3.04. The fourth-order valence-electron chi connectivity index (χ4n) is 3.04. The summed E-state index contributed by atoms with van der Waals surface area (Å²) >= 11 is 0. The lowest BCUT2D eigenvalue weighted by Crippen LogP contribution is -2.44. The van der Waals surface area contributed by atoms with Crippen LogP contribution in [0.2, 0.25) is 0 Å². The minimum Gasteiger partial charge on any atom is -0.379 e. The first-order valence-electron chi connectivity index (χ1n) is 7.24.